The third-order valence-corrected chi connectivity index (χ3v) is 6.61. The molecule has 0 radical (unpaired) electrons. The zero-order chi connectivity index (χ0) is 27.7. The van der Waals surface area contributed by atoms with Crippen molar-refractivity contribution in [1.82, 2.24) is 29.7 Å². The first-order valence-electron chi connectivity index (χ1n) is 12.4. The van der Waals surface area contributed by atoms with Crippen LogP contribution in [0, 0.1) is 13.8 Å². The van der Waals surface area contributed by atoms with Crippen molar-refractivity contribution in [3.8, 4) is 11.6 Å². The molecule has 5 rings (SSSR count). The number of hydrogen-bond acceptors (Lipinski definition) is 7. The van der Waals surface area contributed by atoms with E-state index in [4.69, 9.17) is 4.74 Å². The molecule has 2 N–H and O–H groups in total. The predicted molar refractivity (Wildman–Crippen MR) is 140 cm³/mol. The van der Waals surface area contributed by atoms with Gasteiger partial charge in [-0.3, -0.25) is 9.69 Å². The van der Waals surface area contributed by atoms with E-state index in [0.29, 0.717) is 40.4 Å². The summed E-state index contributed by atoms with van der Waals surface area (Å²) in [5.41, 5.74) is 1.60. The van der Waals surface area contributed by atoms with Crippen LogP contribution in [0.2, 0.25) is 0 Å². The number of anilines is 1. The number of aromatic nitrogens is 4. The Labute approximate surface area is 223 Å². The van der Waals surface area contributed by atoms with Crippen LogP contribution in [-0.4, -0.2) is 68.9 Å². The van der Waals surface area contributed by atoms with Crippen molar-refractivity contribution in [2.24, 2.45) is 0 Å². The van der Waals surface area contributed by atoms with E-state index in [2.05, 4.69) is 35.1 Å². The van der Waals surface area contributed by atoms with E-state index < -0.39 is 17.6 Å². The van der Waals surface area contributed by atoms with Gasteiger partial charge < -0.3 is 19.9 Å². The fourth-order valence-electron chi connectivity index (χ4n) is 4.49. The minimum absolute atomic E-state index is 0.0781. The SMILES string of the molecule is Cc1nc(Oc2ccc(C)c(C(=O)Nc3cc(CN4CCN(C)CC4)cc(C(F)(F)F)c3)c2)c2nc[nH]c2n1. The second kappa shape index (κ2) is 10.6. The highest BCUT2D eigenvalue weighted by molar-refractivity contribution is 6.05. The quantitative estimate of drug-likeness (QED) is 0.364. The molecule has 0 bridgehead atoms. The first kappa shape index (κ1) is 26.6. The third-order valence-electron chi connectivity index (χ3n) is 6.61. The Morgan fingerprint density at radius 2 is 1.85 bits per heavy atom. The standard InChI is InChI=1S/C27H28F3N7O2/c1-16-4-5-21(39-26-23-24(32-15-31-23)33-17(2)34-26)13-22(16)25(38)35-20-11-18(10-19(12-20)27(28,29)30)14-37-8-6-36(3)7-9-37/h4-5,10-13,15H,6-9,14H2,1-3H3,(H,35,38)(H,31,32,33,34). The molecule has 1 aliphatic rings. The Morgan fingerprint density at radius 1 is 1.08 bits per heavy atom. The molecule has 1 saturated heterocycles. The van der Waals surface area contributed by atoms with E-state index in [1.807, 2.05) is 7.05 Å². The van der Waals surface area contributed by atoms with Gasteiger partial charge in [0.1, 0.15) is 11.6 Å². The highest BCUT2D eigenvalue weighted by Crippen LogP contribution is 2.33. The normalized spacial score (nSPS) is 15.0. The van der Waals surface area contributed by atoms with E-state index in [1.165, 1.54) is 12.4 Å². The number of piperazine rings is 1. The van der Waals surface area contributed by atoms with Crippen LogP contribution in [0.25, 0.3) is 11.2 Å². The lowest BCUT2D eigenvalue weighted by molar-refractivity contribution is -0.137. The average Bonchev–Trinajstić information content (AvgIpc) is 3.34. The molecule has 1 amide bonds. The first-order chi connectivity index (χ1) is 18.5. The monoisotopic (exact) mass is 539 g/mol. The van der Waals surface area contributed by atoms with Crippen molar-refractivity contribution in [3.05, 3.63) is 70.8 Å². The number of hydrogen-bond donors (Lipinski definition) is 2. The second-order valence-corrected chi connectivity index (χ2v) is 9.70. The van der Waals surface area contributed by atoms with Gasteiger partial charge in [-0.25, -0.2) is 9.97 Å². The third kappa shape index (κ3) is 6.18. The Hall–Kier alpha value is -4.03. The van der Waals surface area contributed by atoms with Crippen molar-refractivity contribution >= 4 is 22.8 Å². The van der Waals surface area contributed by atoms with Gasteiger partial charge in [-0.2, -0.15) is 18.2 Å². The maximum Gasteiger partial charge on any atom is 0.416 e. The summed E-state index contributed by atoms with van der Waals surface area (Å²) in [6.45, 7) is 7.04. The summed E-state index contributed by atoms with van der Waals surface area (Å²) in [6, 6.07) is 8.61. The molecular weight excluding hydrogens is 511 g/mol. The smallest absolute Gasteiger partial charge is 0.416 e. The summed E-state index contributed by atoms with van der Waals surface area (Å²) >= 11 is 0. The number of aromatic amines is 1. The minimum Gasteiger partial charge on any atom is -0.437 e. The number of carbonyl (C=O) groups excluding carboxylic acids is 1. The largest absolute Gasteiger partial charge is 0.437 e. The van der Waals surface area contributed by atoms with E-state index in [9.17, 15) is 18.0 Å². The van der Waals surface area contributed by atoms with Crippen molar-refractivity contribution in [3.63, 3.8) is 0 Å². The summed E-state index contributed by atoms with van der Waals surface area (Å²) < 4.78 is 47.1. The van der Waals surface area contributed by atoms with Gasteiger partial charge in [-0.15, -0.1) is 0 Å². The van der Waals surface area contributed by atoms with Crippen LogP contribution in [-0.2, 0) is 12.7 Å². The molecule has 4 aromatic rings. The van der Waals surface area contributed by atoms with Crippen molar-refractivity contribution in [2.75, 3.05) is 38.5 Å². The van der Waals surface area contributed by atoms with Crippen LogP contribution in [0.1, 0.15) is 32.9 Å². The minimum atomic E-state index is -4.55. The molecule has 9 nitrogen and oxygen atoms in total. The van der Waals surface area contributed by atoms with Gasteiger partial charge in [0, 0.05) is 44.0 Å². The summed E-state index contributed by atoms with van der Waals surface area (Å²) in [6.07, 6.45) is -3.07. The maximum absolute atomic E-state index is 13.7. The zero-order valence-electron chi connectivity index (χ0n) is 21.8. The number of alkyl halides is 3. The topological polar surface area (TPSA) is 99.3 Å². The van der Waals surface area contributed by atoms with Crippen LogP contribution in [0.15, 0.2) is 42.7 Å². The van der Waals surface area contributed by atoms with E-state index in [1.54, 1.807) is 32.0 Å². The van der Waals surface area contributed by atoms with Crippen LogP contribution in [0.4, 0.5) is 18.9 Å². The van der Waals surface area contributed by atoms with E-state index in [0.717, 1.165) is 38.3 Å². The lowest BCUT2D eigenvalue weighted by atomic mass is 10.1. The fraction of sp³-hybridized carbons (Fsp3) is 0.333. The van der Waals surface area contributed by atoms with Gasteiger partial charge in [0.15, 0.2) is 11.2 Å². The number of likely N-dealkylation sites (N-methyl/N-ethyl adjacent to an activating group) is 1. The molecule has 3 heterocycles. The van der Waals surface area contributed by atoms with Gasteiger partial charge in [0.2, 0.25) is 0 Å². The van der Waals surface area contributed by atoms with Gasteiger partial charge in [-0.05, 0) is 62.4 Å². The number of ether oxygens (including phenoxy) is 1. The average molecular weight is 540 g/mol. The molecule has 0 aliphatic carbocycles. The van der Waals surface area contributed by atoms with E-state index >= 15 is 0 Å². The molecule has 1 aliphatic heterocycles. The Balaban J connectivity index is 1.39. The number of nitrogens with one attached hydrogen (secondary N) is 2. The fourth-order valence-corrected chi connectivity index (χ4v) is 4.49. The molecule has 2 aromatic heterocycles. The summed E-state index contributed by atoms with van der Waals surface area (Å²) in [5.74, 6) is 0.476. The number of nitrogens with zero attached hydrogens (tertiary/aromatic N) is 5. The number of fused-ring (bicyclic) bond motifs is 1. The van der Waals surface area contributed by atoms with Gasteiger partial charge in [0.05, 0.1) is 11.9 Å². The Bertz CT molecular complexity index is 1510. The molecule has 12 heteroatoms. The maximum atomic E-state index is 13.7. The lowest BCUT2D eigenvalue weighted by Gasteiger charge is -2.32. The first-order valence-corrected chi connectivity index (χ1v) is 12.4. The number of imidazole rings is 1. The van der Waals surface area contributed by atoms with Crippen LogP contribution >= 0.6 is 0 Å². The summed E-state index contributed by atoms with van der Waals surface area (Å²) in [4.78, 5) is 33.2. The predicted octanol–water partition coefficient (Wildman–Crippen LogP) is 4.78. The van der Waals surface area contributed by atoms with Crippen LogP contribution < -0.4 is 10.1 Å². The highest BCUT2D eigenvalue weighted by Gasteiger charge is 2.31. The summed E-state index contributed by atoms with van der Waals surface area (Å²) in [5, 5.41) is 2.66. The Morgan fingerprint density at radius 3 is 2.59 bits per heavy atom. The number of H-pyrrole nitrogens is 1. The van der Waals surface area contributed by atoms with Crippen molar-refractivity contribution in [1.29, 1.82) is 0 Å². The van der Waals surface area contributed by atoms with Crippen molar-refractivity contribution < 1.29 is 22.7 Å². The summed E-state index contributed by atoms with van der Waals surface area (Å²) in [7, 11) is 2.02. The molecule has 0 atom stereocenters. The molecule has 0 unspecified atom stereocenters. The zero-order valence-corrected chi connectivity index (χ0v) is 21.8. The molecule has 0 saturated carbocycles. The van der Waals surface area contributed by atoms with E-state index in [-0.39, 0.29) is 17.1 Å². The lowest BCUT2D eigenvalue weighted by Crippen LogP contribution is -2.43. The molecule has 0 spiro atoms. The molecule has 2 aromatic carbocycles. The Kier molecular flexibility index (Phi) is 7.23. The number of rotatable bonds is 6. The molecule has 204 valence electrons. The number of halogens is 3. The number of carbonyl (C=O) groups is 1. The molecule has 1 fully saturated rings. The van der Waals surface area contributed by atoms with Gasteiger partial charge >= 0.3 is 6.18 Å². The molecular formula is C27H28F3N7O2. The van der Waals surface area contributed by atoms with Gasteiger partial charge in [-0.1, -0.05) is 6.07 Å². The van der Waals surface area contributed by atoms with Crippen LogP contribution in [0.3, 0.4) is 0 Å². The second-order valence-electron chi connectivity index (χ2n) is 9.70. The number of aryl methyl sites for hydroxylation is 2. The van der Waals surface area contributed by atoms with Gasteiger partial charge in [0.25, 0.3) is 11.8 Å². The van der Waals surface area contributed by atoms with Crippen LogP contribution in [0.5, 0.6) is 11.6 Å². The highest BCUT2D eigenvalue weighted by atomic mass is 19.4. The van der Waals surface area contributed by atoms with Crippen molar-refractivity contribution in [2.45, 2.75) is 26.6 Å². The molecule has 39 heavy (non-hydrogen) atoms. The number of benzene rings is 2. The number of amides is 1.